The number of nitrogens with zero attached hydrogens (tertiary/aromatic N) is 4. The fourth-order valence-corrected chi connectivity index (χ4v) is 2.48. The second kappa shape index (κ2) is 6.36. The summed E-state index contributed by atoms with van der Waals surface area (Å²) in [6, 6.07) is 5.21. The lowest BCUT2D eigenvalue weighted by Gasteiger charge is -2.10. The van der Waals surface area contributed by atoms with Gasteiger partial charge in [-0.2, -0.15) is 18.2 Å². The molecule has 2 heterocycles. The van der Waals surface area contributed by atoms with Gasteiger partial charge >= 0.3 is 6.18 Å². The third-order valence-corrected chi connectivity index (χ3v) is 3.77. The Hall–Kier alpha value is -3.04. The van der Waals surface area contributed by atoms with Crippen molar-refractivity contribution in [1.82, 2.24) is 19.6 Å². The maximum atomic E-state index is 12.9. The van der Waals surface area contributed by atoms with E-state index in [0.29, 0.717) is 22.6 Å². The molecule has 0 aliphatic rings. The first-order chi connectivity index (χ1) is 12.1. The van der Waals surface area contributed by atoms with Crippen LogP contribution >= 0.6 is 0 Å². The minimum absolute atomic E-state index is 0.126. The molecule has 10 heteroatoms. The lowest BCUT2D eigenvalue weighted by atomic mass is 10.1. The van der Waals surface area contributed by atoms with Crippen LogP contribution in [0.2, 0.25) is 0 Å². The molecule has 1 amide bonds. The lowest BCUT2D eigenvalue weighted by molar-refractivity contribution is -0.144. The third kappa shape index (κ3) is 3.48. The van der Waals surface area contributed by atoms with Crippen molar-refractivity contribution >= 4 is 17.4 Å². The molecule has 0 radical (unpaired) electrons. The monoisotopic (exact) mass is 367 g/mol. The van der Waals surface area contributed by atoms with Gasteiger partial charge in [0, 0.05) is 22.6 Å². The zero-order chi connectivity index (χ0) is 19.1. The second-order valence-electron chi connectivity index (χ2n) is 5.64. The number of fused-ring (bicyclic) bond motifs is 1. The van der Waals surface area contributed by atoms with Crippen molar-refractivity contribution in [3.05, 3.63) is 52.9 Å². The highest BCUT2D eigenvalue weighted by Gasteiger charge is 2.37. The molecule has 6 nitrogen and oxygen atoms in total. The average molecular weight is 367 g/mol. The van der Waals surface area contributed by atoms with E-state index in [2.05, 4.69) is 20.4 Å². The molecule has 0 aliphatic carbocycles. The normalized spacial score (nSPS) is 11.8. The summed E-state index contributed by atoms with van der Waals surface area (Å²) in [5, 5.41) is 6.02. The van der Waals surface area contributed by atoms with Crippen LogP contribution in [0.25, 0.3) is 5.78 Å². The fourth-order valence-electron chi connectivity index (χ4n) is 2.48. The molecule has 3 rings (SSSR count). The Morgan fingerprint density at radius 1 is 1.15 bits per heavy atom. The topological polar surface area (TPSA) is 72.2 Å². The Morgan fingerprint density at radius 2 is 1.81 bits per heavy atom. The van der Waals surface area contributed by atoms with Crippen LogP contribution in [0, 0.1) is 19.7 Å². The van der Waals surface area contributed by atoms with Gasteiger partial charge in [0.25, 0.3) is 11.6 Å². The number of benzene rings is 1. The van der Waals surface area contributed by atoms with Crippen LogP contribution in [0.3, 0.4) is 0 Å². The quantitative estimate of drug-likeness (QED) is 0.722. The van der Waals surface area contributed by atoms with E-state index >= 15 is 0 Å². The number of halogens is 4. The number of aromatic nitrogens is 4. The second-order valence-corrected chi connectivity index (χ2v) is 5.64. The van der Waals surface area contributed by atoms with Gasteiger partial charge in [0.15, 0.2) is 0 Å². The molecule has 136 valence electrons. The van der Waals surface area contributed by atoms with Crippen LogP contribution in [0.4, 0.5) is 23.2 Å². The summed E-state index contributed by atoms with van der Waals surface area (Å²) < 4.78 is 52.2. The van der Waals surface area contributed by atoms with E-state index in [1.165, 1.54) is 31.2 Å². The van der Waals surface area contributed by atoms with E-state index in [1.54, 1.807) is 6.92 Å². The highest BCUT2D eigenvalue weighted by atomic mass is 19.4. The predicted molar refractivity (Wildman–Crippen MR) is 84.0 cm³/mol. The van der Waals surface area contributed by atoms with Gasteiger partial charge in [-0.3, -0.25) is 4.79 Å². The molecule has 0 saturated carbocycles. The number of alkyl halides is 3. The predicted octanol–water partition coefficient (Wildman–Crippen LogP) is 3.08. The van der Waals surface area contributed by atoms with E-state index in [0.717, 1.165) is 4.52 Å². The summed E-state index contributed by atoms with van der Waals surface area (Å²) >= 11 is 0. The average Bonchev–Trinajstić information content (AvgIpc) is 2.98. The van der Waals surface area contributed by atoms with E-state index in [9.17, 15) is 22.4 Å². The Labute approximate surface area is 144 Å². The molecule has 0 unspecified atom stereocenters. The van der Waals surface area contributed by atoms with E-state index in [1.807, 2.05) is 0 Å². The van der Waals surface area contributed by atoms with Crippen molar-refractivity contribution in [1.29, 1.82) is 0 Å². The van der Waals surface area contributed by atoms with Gasteiger partial charge in [-0.1, -0.05) is 0 Å². The minimum atomic E-state index is -4.69. The maximum absolute atomic E-state index is 12.9. The smallest absolute Gasteiger partial charge is 0.326 e. The van der Waals surface area contributed by atoms with Gasteiger partial charge in [0.1, 0.15) is 5.82 Å². The van der Waals surface area contributed by atoms with Crippen molar-refractivity contribution in [3.63, 3.8) is 0 Å². The van der Waals surface area contributed by atoms with E-state index < -0.39 is 23.7 Å². The lowest BCUT2D eigenvalue weighted by Crippen LogP contribution is -2.17. The first-order valence-corrected chi connectivity index (χ1v) is 7.50. The molecular formula is C16H13F4N5O. The molecule has 1 aromatic carbocycles. The van der Waals surface area contributed by atoms with Crippen LogP contribution in [-0.4, -0.2) is 25.5 Å². The van der Waals surface area contributed by atoms with Crippen LogP contribution in [0.5, 0.6) is 0 Å². The Bertz CT molecular complexity index is 979. The van der Waals surface area contributed by atoms with Crippen molar-refractivity contribution in [3.8, 4) is 0 Å². The zero-order valence-electron chi connectivity index (χ0n) is 13.7. The molecule has 0 spiro atoms. The van der Waals surface area contributed by atoms with Gasteiger partial charge in [0.2, 0.25) is 5.91 Å². The van der Waals surface area contributed by atoms with Crippen molar-refractivity contribution < 1.29 is 22.4 Å². The molecule has 0 fully saturated rings. The molecule has 0 aliphatic heterocycles. The third-order valence-electron chi connectivity index (χ3n) is 3.77. The van der Waals surface area contributed by atoms with Crippen LogP contribution < -0.4 is 5.32 Å². The van der Waals surface area contributed by atoms with Crippen molar-refractivity contribution in [2.45, 2.75) is 26.4 Å². The Morgan fingerprint density at radius 3 is 2.42 bits per heavy atom. The summed E-state index contributed by atoms with van der Waals surface area (Å²) in [6.07, 6.45) is -4.81. The van der Waals surface area contributed by atoms with Crippen LogP contribution in [-0.2, 0) is 17.4 Å². The van der Waals surface area contributed by atoms with E-state index in [4.69, 9.17) is 0 Å². The van der Waals surface area contributed by atoms with Crippen LogP contribution in [0.15, 0.2) is 24.3 Å². The van der Waals surface area contributed by atoms with Crippen molar-refractivity contribution in [2.24, 2.45) is 0 Å². The Kier molecular flexibility index (Phi) is 4.34. The molecule has 0 bridgehead atoms. The van der Waals surface area contributed by atoms with Gasteiger partial charge < -0.3 is 5.32 Å². The SMILES string of the molecule is Cc1nc2nc(C(F)(F)F)nn2c(C)c1CC(=O)Nc1ccc(F)cc1. The number of carbonyl (C=O) groups excluding carboxylic acids is 1. The van der Waals surface area contributed by atoms with Gasteiger partial charge in [-0.05, 0) is 38.1 Å². The number of hydrogen-bond donors (Lipinski definition) is 1. The number of rotatable bonds is 3. The first-order valence-electron chi connectivity index (χ1n) is 7.50. The summed E-state index contributed by atoms with van der Waals surface area (Å²) in [5.74, 6) is -2.33. The number of nitrogens with one attached hydrogen (secondary N) is 1. The number of hydrogen-bond acceptors (Lipinski definition) is 4. The van der Waals surface area contributed by atoms with Gasteiger partial charge in [-0.25, -0.2) is 13.9 Å². The van der Waals surface area contributed by atoms with Gasteiger partial charge in [0.05, 0.1) is 6.42 Å². The molecule has 2 aromatic heterocycles. The first kappa shape index (κ1) is 17.8. The zero-order valence-corrected chi connectivity index (χ0v) is 13.7. The Balaban J connectivity index is 1.89. The highest BCUT2D eigenvalue weighted by molar-refractivity contribution is 5.92. The minimum Gasteiger partial charge on any atom is -0.326 e. The number of aryl methyl sites for hydroxylation is 2. The molecule has 0 atom stereocenters. The maximum Gasteiger partial charge on any atom is 0.453 e. The number of carbonyl (C=O) groups is 1. The summed E-state index contributed by atoms with van der Waals surface area (Å²) in [6.45, 7) is 3.12. The number of anilines is 1. The summed E-state index contributed by atoms with van der Waals surface area (Å²) in [7, 11) is 0. The fraction of sp³-hybridized carbons (Fsp3) is 0.250. The molecule has 26 heavy (non-hydrogen) atoms. The number of amides is 1. The standard InChI is InChI=1S/C16H13F4N5O/c1-8-12(7-13(26)22-11-5-3-10(17)4-6-11)9(2)25-15(21-8)23-14(24-25)16(18,19)20/h3-6H,7H2,1-2H3,(H,22,26). The molecular weight excluding hydrogens is 354 g/mol. The van der Waals surface area contributed by atoms with Gasteiger partial charge in [-0.15, -0.1) is 5.10 Å². The van der Waals surface area contributed by atoms with Crippen molar-refractivity contribution in [2.75, 3.05) is 5.32 Å². The highest BCUT2D eigenvalue weighted by Crippen LogP contribution is 2.27. The molecule has 0 saturated heterocycles. The molecule has 3 aromatic rings. The summed E-state index contributed by atoms with van der Waals surface area (Å²) in [5.41, 5.74) is 1.56. The molecule has 1 N–H and O–H groups in total. The largest absolute Gasteiger partial charge is 0.453 e. The van der Waals surface area contributed by atoms with E-state index in [-0.39, 0.29) is 12.2 Å². The summed E-state index contributed by atoms with van der Waals surface area (Å²) in [4.78, 5) is 19.6. The van der Waals surface area contributed by atoms with Crippen LogP contribution in [0.1, 0.15) is 22.8 Å².